The highest BCUT2D eigenvalue weighted by atomic mass is 35.5. The summed E-state index contributed by atoms with van der Waals surface area (Å²) < 4.78 is 0. The molecule has 27 heavy (non-hydrogen) atoms. The van der Waals surface area contributed by atoms with Crippen molar-refractivity contribution < 1.29 is 9.59 Å². The second-order valence-corrected chi connectivity index (χ2v) is 7.67. The predicted molar refractivity (Wildman–Crippen MR) is 111 cm³/mol. The van der Waals surface area contributed by atoms with Crippen molar-refractivity contribution in [2.24, 2.45) is 5.92 Å². The first-order valence-electron chi connectivity index (χ1n) is 10.0. The molecule has 2 fully saturated rings. The first-order valence-corrected chi connectivity index (χ1v) is 10.0. The SMILES string of the molecule is Cl.Nc1ccccc1CCC(=O)N1CCCN(C(=O)CC2CCCC2)CC1. The summed E-state index contributed by atoms with van der Waals surface area (Å²) in [7, 11) is 0. The number of nitrogens with zero attached hydrogens (tertiary/aromatic N) is 2. The molecule has 0 aromatic heterocycles. The lowest BCUT2D eigenvalue weighted by Crippen LogP contribution is -2.37. The average molecular weight is 394 g/mol. The van der Waals surface area contributed by atoms with E-state index in [1.165, 1.54) is 25.7 Å². The van der Waals surface area contributed by atoms with Crippen LogP contribution in [0.15, 0.2) is 24.3 Å². The predicted octanol–water partition coefficient (Wildman–Crippen LogP) is 3.26. The van der Waals surface area contributed by atoms with Crippen molar-refractivity contribution in [2.75, 3.05) is 31.9 Å². The lowest BCUT2D eigenvalue weighted by atomic mass is 10.0. The molecule has 0 atom stereocenters. The van der Waals surface area contributed by atoms with E-state index in [0.717, 1.165) is 30.8 Å². The molecule has 1 aliphatic heterocycles. The van der Waals surface area contributed by atoms with Crippen LogP contribution in [0.4, 0.5) is 5.69 Å². The molecule has 1 saturated heterocycles. The van der Waals surface area contributed by atoms with E-state index in [9.17, 15) is 9.59 Å². The maximum absolute atomic E-state index is 12.6. The van der Waals surface area contributed by atoms with Crippen molar-refractivity contribution in [3.05, 3.63) is 29.8 Å². The largest absolute Gasteiger partial charge is 0.399 e. The maximum atomic E-state index is 12.6. The second-order valence-electron chi connectivity index (χ2n) is 7.67. The van der Waals surface area contributed by atoms with Gasteiger partial charge in [-0.2, -0.15) is 0 Å². The van der Waals surface area contributed by atoms with Gasteiger partial charge in [0.2, 0.25) is 11.8 Å². The molecule has 0 radical (unpaired) electrons. The van der Waals surface area contributed by atoms with Crippen LogP contribution in [0.2, 0.25) is 0 Å². The molecule has 1 heterocycles. The van der Waals surface area contributed by atoms with Crippen molar-refractivity contribution in [1.82, 2.24) is 9.80 Å². The Labute approximate surface area is 168 Å². The normalized spacial score (nSPS) is 18.1. The van der Waals surface area contributed by atoms with E-state index in [2.05, 4.69) is 0 Å². The number of aryl methyl sites for hydroxylation is 1. The Bertz CT molecular complexity index is 632. The van der Waals surface area contributed by atoms with Crippen molar-refractivity contribution in [1.29, 1.82) is 0 Å². The molecule has 2 N–H and O–H groups in total. The zero-order valence-electron chi connectivity index (χ0n) is 16.1. The third-order valence-corrected chi connectivity index (χ3v) is 5.80. The Morgan fingerprint density at radius 1 is 0.926 bits per heavy atom. The smallest absolute Gasteiger partial charge is 0.222 e. The maximum Gasteiger partial charge on any atom is 0.222 e. The van der Waals surface area contributed by atoms with Gasteiger partial charge in [-0.15, -0.1) is 12.4 Å². The van der Waals surface area contributed by atoms with Crippen LogP contribution in [0.1, 0.15) is 50.5 Å². The van der Waals surface area contributed by atoms with E-state index in [1.807, 2.05) is 34.1 Å². The number of anilines is 1. The zero-order chi connectivity index (χ0) is 18.4. The Morgan fingerprint density at radius 3 is 2.22 bits per heavy atom. The number of hydrogen-bond acceptors (Lipinski definition) is 3. The van der Waals surface area contributed by atoms with Gasteiger partial charge in [0, 0.05) is 44.7 Å². The zero-order valence-corrected chi connectivity index (χ0v) is 16.9. The van der Waals surface area contributed by atoms with Crippen LogP contribution in [0.25, 0.3) is 0 Å². The standard InChI is InChI=1S/C21H31N3O2.ClH/c22-19-9-4-3-8-18(19)10-11-20(25)23-12-5-13-24(15-14-23)21(26)16-17-6-1-2-7-17;/h3-4,8-9,17H,1-2,5-7,10-16,22H2;1H. The van der Waals surface area contributed by atoms with Crippen LogP contribution >= 0.6 is 12.4 Å². The van der Waals surface area contributed by atoms with Crippen molar-refractivity contribution >= 4 is 29.9 Å². The van der Waals surface area contributed by atoms with Gasteiger partial charge >= 0.3 is 0 Å². The molecule has 1 aliphatic carbocycles. The molecule has 0 unspecified atom stereocenters. The minimum absolute atomic E-state index is 0. The summed E-state index contributed by atoms with van der Waals surface area (Å²) in [6.07, 6.45) is 7.66. The Kier molecular flexibility index (Phi) is 8.42. The van der Waals surface area contributed by atoms with Crippen LogP contribution in [-0.2, 0) is 16.0 Å². The number of carbonyl (C=O) groups is 2. The molecule has 5 nitrogen and oxygen atoms in total. The first-order chi connectivity index (χ1) is 12.6. The first kappa shape index (κ1) is 21.5. The van der Waals surface area contributed by atoms with Gasteiger partial charge in [0.05, 0.1) is 0 Å². The van der Waals surface area contributed by atoms with Gasteiger partial charge in [-0.05, 0) is 43.2 Å². The highest BCUT2D eigenvalue weighted by Gasteiger charge is 2.25. The molecule has 6 heteroatoms. The molecule has 2 aliphatic rings. The molecule has 1 aromatic rings. The van der Waals surface area contributed by atoms with Gasteiger partial charge < -0.3 is 15.5 Å². The van der Waals surface area contributed by atoms with E-state index in [1.54, 1.807) is 0 Å². The third kappa shape index (κ3) is 6.13. The van der Waals surface area contributed by atoms with Crippen molar-refractivity contribution in [2.45, 2.75) is 51.4 Å². The van der Waals surface area contributed by atoms with Gasteiger partial charge in [0.1, 0.15) is 0 Å². The van der Waals surface area contributed by atoms with E-state index >= 15 is 0 Å². The van der Waals surface area contributed by atoms with E-state index in [4.69, 9.17) is 5.73 Å². The highest BCUT2D eigenvalue weighted by molar-refractivity contribution is 5.85. The number of amides is 2. The van der Waals surface area contributed by atoms with E-state index in [-0.39, 0.29) is 24.2 Å². The summed E-state index contributed by atoms with van der Waals surface area (Å²) in [6, 6.07) is 7.72. The Balaban J connectivity index is 0.00000261. The number of halogens is 1. The minimum atomic E-state index is 0. The average Bonchev–Trinajstić information content (AvgIpc) is 3.02. The van der Waals surface area contributed by atoms with Crippen LogP contribution in [0.5, 0.6) is 0 Å². The van der Waals surface area contributed by atoms with Crippen molar-refractivity contribution in [3.8, 4) is 0 Å². The number of hydrogen-bond donors (Lipinski definition) is 1. The fourth-order valence-corrected chi connectivity index (χ4v) is 4.17. The molecule has 1 saturated carbocycles. The number of carbonyl (C=O) groups excluding carboxylic acids is 2. The monoisotopic (exact) mass is 393 g/mol. The lowest BCUT2D eigenvalue weighted by Gasteiger charge is -2.23. The van der Waals surface area contributed by atoms with Crippen LogP contribution < -0.4 is 5.73 Å². The van der Waals surface area contributed by atoms with Gasteiger partial charge in [0.25, 0.3) is 0 Å². The molecule has 0 bridgehead atoms. The van der Waals surface area contributed by atoms with Crippen LogP contribution in [0, 0.1) is 5.92 Å². The number of benzene rings is 1. The summed E-state index contributed by atoms with van der Waals surface area (Å²) >= 11 is 0. The summed E-state index contributed by atoms with van der Waals surface area (Å²) in [5.41, 5.74) is 7.74. The van der Waals surface area contributed by atoms with Gasteiger partial charge in [-0.3, -0.25) is 9.59 Å². The molecular weight excluding hydrogens is 362 g/mol. The molecule has 3 rings (SSSR count). The number of para-hydroxylation sites is 1. The number of nitrogens with two attached hydrogens (primary N) is 1. The quantitative estimate of drug-likeness (QED) is 0.780. The Hall–Kier alpha value is -1.75. The van der Waals surface area contributed by atoms with Gasteiger partial charge in [-0.1, -0.05) is 31.0 Å². The molecule has 0 spiro atoms. The summed E-state index contributed by atoms with van der Waals surface area (Å²) in [4.78, 5) is 29.0. The molecule has 1 aromatic carbocycles. The summed E-state index contributed by atoms with van der Waals surface area (Å²) in [5.74, 6) is 1.03. The molecule has 150 valence electrons. The molecular formula is C21H32ClN3O2. The fraction of sp³-hybridized carbons (Fsp3) is 0.619. The van der Waals surface area contributed by atoms with Crippen LogP contribution in [-0.4, -0.2) is 47.8 Å². The number of rotatable bonds is 5. The number of nitrogen functional groups attached to an aromatic ring is 1. The highest BCUT2D eigenvalue weighted by Crippen LogP contribution is 2.28. The third-order valence-electron chi connectivity index (χ3n) is 5.80. The fourth-order valence-electron chi connectivity index (χ4n) is 4.17. The Morgan fingerprint density at radius 2 is 1.56 bits per heavy atom. The second kappa shape index (κ2) is 10.5. The van der Waals surface area contributed by atoms with Crippen LogP contribution in [0.3, 0.4) is 0 Å². The van der Waals surface area contributed by atoms with E-state index in [0.29, 0.717) is 38.3 Å². The van der Waals surface area contributed by atoms with E-state index < -0.39 is 0 Å². The van der Waals surface area contributed by atoms with Gasteiger partial charge in [-0.25, -0.2) is 0 Å². The summed E-state index contributed by atoms with van der Waals surface area (Å²) in [6.45, 7) is 2.85. The molecule has 2 amide bonds. The van der Waals surface area contributed by atoms with Gasteiger partial charge in [0.15, 0.2) is 0 Å². The lowest BCUT2D eigenvalue weighted by molar-refractivity contribution is -0.134. The minimum Gasteiger partial charge on any atom is -0.399 e. The topological polar surface area (TPSA) is 66.6 Å². The van der Waals surface area contributed by atoms with Crippen molar-refractivity contribution in [3.63, 3.8) is 0 Å². The summed E-state index contributed by atoms with van der Waals surface area (Å²) in [5, 5.41) is 0.